The van der Waals surface area contributed by atoms with Gasteiger partial charge in [-0.15, -0.1) is 0 Å². The van der Waals surface area contributed by atoms with Crippen molar-refractivity contribution >= 4 is 23.4 Å². The number of ether oxygens (including phenoxy) is 1. The molecule has 26 heavy (non-hydrogen) atoms. The van der Waals surface area contributed by atoms with Gasteiger partial charge in [-0.25, -0.2) is 9.48 Å². The smallest absolute Gasteiger partial charge is 0.337 e. The van der Waals surface area contributed by atoms with Gasteiger partial charge in [-0.2, -0.15) is 5.10 Å². The molecule has 0 saturated heterocycles. The molecule has 0 atom stereocenters. The standard InChI is InChI=1S/C18H15N3O4S/c1-25-18(22)14-7-9-15(10-8-14)20-11-16(21(23)24)17(19-20)26-12-13-5-3-2-4-6-13/h2-11H,12H2,1H3. The van der Waals surface area contributed by atoms with Crippen LogP contribution in [0.4, 0.5) is 5.69 Å². The maximum atomic E-state index is 11.5. The maximum Gasteiger partial charge on any atom is 0.337 e. The highest BCUT2D eigenvalue weighted by molar-refractivity contribution is 7.98. The lowest BCUT2D eigenvalue weighted by Gasteiger charge is -2.02. The first-order chi connectivity index (χ1) is 12.6. The second kappa shape index (κ2) is 7.83. The largest absolute Gasteiger partial charge is 0.465 e. The predicted octanol–water partition coefficient (Wildman–Crippen LogP) is 3.86. The van der Waals surface area contributed by atoms with E-state index < -0.39 is 10.9 Å². The number of rotatable bonds is 6. The molecule has 0 aliphatic rings. The molecule has 0 unspecified atom stereocenters. The van der Waals surface area contributed by atoms with Crippen LogP contribution in [-0.2, 0) is 10.5 Å². The van der Waals surface area contributed by atoms with E-state index in [9.17, 15) is 14.9 Å². The Kier molecular flexibility index (Phi) is 5.33. The average molecular weight is 369 g/mol. The molecule has 7 nitrogen and oxygen atoms in total. The highest BCUT2D eigenvalue weighted by Gasteiger charge is 2.20. The van der Waals surface area contributed by atoms with Gasteiger partial charge in [0, 0.05) is 5.75 Å². The lowest BCUT2D eigenvalue weighted by molar-refractivity contribution is -0.387. The molecular weight excluding hydrogens is 354 g/mol. The molecule has 132 valence electrons. The van der Waals surface area contributed by atoms with Crippen molar-refractivity contribution in [1.29, 1.82) is 0 Å². The first kappa shape index (κ1) is 17.7. The molecule has 0 aliphatic heterocycles. The van der Waals surface area contributed by atoms with E-state index in [-0.39, 0.29) is 5.69 Å². The molecule has 0 radical (unpaired) electrons. The molecule has 1 aromatic heterocycles. The summed E-state index contributed by atoms with van der Waals surface area (Å²) in [7, 11) is 1.31. The normalized spacial score (nSPS) is 10.5. The summed E-state index contributed by atoms with van der Waals surface area (Å²) < 4.78 is 6.09. The van der Waals surface area contributed by atoms with Gasteiger partial charge in [0.2, 0.25) is 0 Å². The van der Waals surface area contributed by atoms with E-state index in [0.29, 0.717) is 22.0 Å². The minimum atomic E-state index is -0.445. The quantitative estimate of drug-likeness (QED) is 0.284. The fourth-order valence-corrected chi connectivity index (χ4v) is 3.22. The summed E-state index contributed by atoms with van der Waals surface area (Å²) in [5, 5.41) is 16.0. The van der Waals surface area contributed by atoms with Crippen molar-refractivity contribution in [2.75, 3.05) is 7.11 Å². The van der Waals surface area contributed by atoms with Gasteiger partial charge in [-0.05, 0) is 29.8 Å². The van der Waals surface area contributed by atoms with Crippen molar-refractivity contribution in [2.24, 2.45) is 0 Å². The summed E-state index contributed by atoms with van der Waals surface area (Å²) in [5.41, 5.74) is 2.02. The second-order valence-corrected chi connectivity index (χ2v) is 6.30. The van der Waals surface area contributed by atoms with E-state index in [0.717, 1.165) is 5.56 Å². The summed E-state index contributed by atoms with van der Waals surface area (Å²) >= 11 is 1.31. The Morgan fingerprint density at radius 3 is 2.50 bits per heavy atom. The van der Waals surface area contributed by atoms with Crippen molar-refractivity contribution < 1.29 is 14.5 Å². The molecule has 2 aromatic carbocycles. The van der Waals surface area contributed by atoms with Crippen LogP contribution in [0.3, 0.4) is 0 Å². The van der Waals surface area contributed by atoms with Crippen LogP contribution >= 0.6 is 11.8 Å². The van der Waals surface area contributed by atoms with Crippen molar-refractivity contribution in [1.82, 2.24) is 9.78 Å². The Morgan fingerprint density at radius 2 is 1.88 bits per heavy atom. The summed E-state index contributed by atoms with van der Waals surface area (Å²) in [6, 6.07) is 16.2. The third-order valence-corrected chi connectivity index (χ3v) is 4.67. The Morgan fingerprint density at radius 1 is 1.19 bits per heavy atom. The number of hydrogen-bond acceptors (Lipinski definition) is 6. The highest BCUT2D eigenvalue weighted by Crippen LogP contribution is 2.31. The molecule has 0 aliphatic carbocycles. The van der Waals surface area contributed by atoms with Gasteiger partial charge in [0.05, 0.1) is 23.3 Å². The SMILES string of the molecule is COC(=O)c1ccc(-n2cc([N+](=O)[O-])c(SCc3ccccc3)n2)cc1. The molecule has 1 heterocycles. The lowest BCUT2D eigenvalue weighted by atomic mass is 10.2. The molecule has 0 saturated carbocycles. The molecular formula is C18H15N3O4S. The first-order valence-electron chi connectivity index (χ1n) is 7.68. The van der Waals surface area contributed by atoms with Gasteiger partial charge < -0.3 is 4.74 Å². The number of carbonyl (C=O) groups excluding carboxylic acids is 1. The Balaban J connectivity index is 1.84. The summed E-state index contributed by atoms with van der Waals surface area (Å²) in [4.78, 5) is 22.4. The van der Waals surface area contributed by atoms with Crippen LogP contribution in [0.1, 0.15) is 15.9 Å². The molecule has 0 bridgehead atoms. The number of methoxy groups -OCH3 is 1. The summed E-state index contributed by atoms with van der Waals surface area (Å²) in [6.07, 6.45) is 1.38. The van der Waals surface area contributed by atoms with Crippen molar-refractivity contribution in [3.63, 3.8) is 0 Å². The van der Waals surface area contributed by atoms with Crippen LogP contribution in [0.5, 0.6) is 0 Å². The van der Waals surface area contributed by atoms with Crippen molar-refractivity contribution in [3.05, 3.63) is 82.0 Å². The van der Waals surface area contributed by atoms with Gasteiger partial charge in [-0.3, -0.25) is 10.1 Å². The number of thioether (sulfide) groups is 1. The molecule has 8 heteroatoms. The number of nitro groups is 1. The Bertz CT molecular complexity index is 923. The third-order valence-electron chi connectivity index (χ3n) is 3.63. The topological polar surface area (TPSA) is 87.3 Å². The Hall–Kier alpha value is -3.13. The zero-order chi connectivity index (χ0) is 18.5. The second-order valence-electron chi connectivity index (χ2n) is 5.33. The fourth-order valence-electron chi connectivity index (χ4n) is 2.30. The summed E-state index contributed by atoms with van der Waals surface area (Å²) in [6.45, 7) is 0. The minimum absolute atomic E-state index is 0.0528. The number of benzene rings is 2. The van der Waals surface area contributed by atoms with Gasteiger partial charge in [-0.1, -0.05) is 42.1 Å². The van der Waals surface area contributed by atoms with Crippen LogP contribution in [0.15, 0.2) is 65.8 Å². The average Bonchev–Trinajstić information content (AvgIpc) is 3.11. The van der Waals surface area contributed by atoms with Gasteiger partial charge >= 0.3 is 11.7 Å². The lowest BCUT2D eigenvalue weighted by Crippen LogP contribution is -2.02. The number of carbonyl (C=O) groups is 1. The summed E-state index contributed by atoms with van der Waals surface area (Å²) in [5.74, 6) is 0.141. The predicted molar refractivity (Wildman–Crippen MR) is 97.6 cm³/mol. The Labute approximate surface area is 153 Å². The van der Waals surface area contributed by atoms with Crippen molar-refractivity contribution in [3.8, 4) is 5.69 Å². The highest BCUT2D eigenvalue weighted by atomic mass is 32.2. The molecule has 3 rings (SSSR count). The van der Waals surface area contributed by atoms with Gasteiger partial charge in [0.15, 0.2) is 5.03 Å². The molecule has 0 N–H and O–H groups in total. The molecule has 3 aromatic rings. The molecule has 0 spiro atoms. The minimum Gasteiger partial charge on any atom is -0.465 e. The van der Waals surface area contributed by atoms with E-state index in [1.807, 2.05) is 30.3 Å². The molecule has 0 amide bonds. The van der Waals surface area contributed by atoms with E-state index in [4.69, 9.17) is 0 Å². The number of hydrogen-bond donors (Lipinski definition) is 0. The zero-order valence-electron chi connectivity index (χ0n) is 13.9. The third kappa shape index (κ3) is 3.92. The fraction of sp³-hybridized carbons (Fsp3) is 0.111. The van der Waals surface area contributed by atoms with E-state index in [1.54, 1.807) is 24.3 Å². The van der Waals surface area contributed by atoms with E-state index >= 15 is 0 Å². The van der Waals surface area contributed by atoms with E-state index in [2.05, 4.69) is 9.84 Å². The zero-order valence-corrected chi connectivity index (χ0v) is 14.7. The van der Waals surface area contributed by atoms with Gasteiger partial charge in [0.25, 0.3) is 0 Å². The molecule has 0 fully saturated rings. The van der Waals surface area contributed by atoms with Crippen LogP contribution in [0.2, 0.25) is 0 Å². The number of esters is 1. The van der Waals surface area contributed by atoms with Crippen LogP contribution in [0, 0.1) is 10.1 Å². The maximum absolute atomic E-state index is 11.5. The van der Waals surface area contributed by atoms with Crippen molar-refractivity contribution in [2.45, 2.75) is 10.8 Å². The van der Waals surface area contributed by atoms with Crippen LogP contribution in [-0.4, -0.2) is 27.8 Å². The van der Waals surface area contributed by atoms with Crippen LogP contribution < -0.4 is 0 Å². The van der Waals surface area contributed by atoms with E-state index in [1.165, 1.54) is 29.8 Å². The van der Waals surface area contributed by atoms with Crippen LogP contribution in [0.25, 0.3) is 5.69 Å². The number of aromatic nitrogens is 2. The first-order valence-corrected chi connectivity index (χ1v) is 8.66. The number of nitrogens with zero attached hydrogens (tertiary/aromatic N) is 3. The monoisotopic (exact) mass is 369 g/mol. The van der Waals surface area contributed by atoms with Gasteiger partial charge in [0.1, 0.15) is 6.20 Å².